The van der Waals surface area contributed by atoms with E-state index in [0.717, 1.165) is 12.8 Å². The van der Waals surface area contributed by atoms with Crippen LogP contribution in [0, 0.1) is 12.8 Å². The van der Waals surface area contributed by atoms with E-state index in [4.69, 9.17) is 5.11 Å². The lowest BCUT2D eigenvalue weighted by molar-refractivity contribution is -0.142. The van der Waals surface area contributed by atoms with Crippen LogP contribution in [0.2, 0.25) is 0 Å². The van der Waals surface area contributed by atoms with Gasteiger partial charge in [0.2, 0.25) is 0 Å². The first-order valence-corrected chi connectivity index (χ1v) is 5.98. The molecule has 1 aromatic carbocycles. The summed E-state index contributed by atoms with van der Waals surface area (Å²) in [7, 11) is 0. The average Bonchev–Trinajstić information content (AvgIpc) is 2.30. The fourth-order valence-corrected chi connectivity index (χ4v) is 2.09. The Balaban J connectivity index is 0.000000606. The number of benzene rings is 1. The lowest BCUT2D eigenvalue weighted by Crippen LogP contribution is -2.22. The number of hydrogen-bond donors (Lipinski definition) is 1. The molecule has 2 heteroatoms. The molecule has 16 heavy (non-hydrogen) atoms. The maximum atomic E-state index is 10.8. The van der Waals surface area contributed by atoms with Crippen LogP contribution in [0.4, 0.5) is 0 Å². The van der Waals surface area contributed by atoms with E-state index >= 15 is 0 Å². The summed E-state index contributed by atoms with van der Waals surface area (Å²) in [5, 5.41) is 8.92. The number of aliphatic carboxylic acids is 1. The van der Waals surface area contributed by atoms with Crippen molar-refractivity contribution in [2.75, 3.05) is 0 Å². The van der Waals surface area contributed by atoms with Gasteiger partial charge in [0.1, 0.15) is 0 Å². The van der Waals surface area contributed by atoms with E-state index < -0.39 is 5.97 Å². The normalized spacial score (nSPS) is 18.1. The van der Waals surface area contributed by atoms with Crippen molar-refractivity contribution in [3.63, 3.8) is 0 Å². The van der Waals surface area contributed by atoms with Crippen LogP contribution in [0.1, 0.15) is 37.0 Å². The summed E-state index contributed by atoms with van der Waals surface area (Å²) in [6.45, 7) is 6.07. The largest absolute Gasteiger partial charge is 0.481 e. The second kappa shape index (κ2) is 5.69. The number of carboxylic acids is 1. The first-order chi connectivity index (χ1) is 7.66. The molecule has 0 aromatic heterocycles. The highest BCUT2D eigenvalue weighted by atomic mass is 16.4. The molecule has 1 aromatic rings. The van der Waals surface area contributed by atoms with Crippen LogP contribution in [0.3, 0.4) is 0 Å². The third-order valence-corrected chi connectivity index (χ3v) is 2.94. The highest BCUT2D eigenvalue weighted by Gasteiger charge is 2.23. The maximum Gasteiger partial charge on any atom is 0.306 e. The smallest absolute Gasteiger partial charge is 0.306 e. The SMILES string of the molecule is CC.Cc1ccc2c(c1)CCC(C(=O)O)C2. The van der Waals surface area contributed by atoms with Gasteiger partial charge in [0.15, 0.2) is 0 Å². The van der Waals surface area contributed by atoms with Gasteiger partial charge in [-0.15, -0.1) is 0 Å². The van der Waals surface area contributed by atoms with Gasteiger partial charge in [0, 0.05) is 0 Å². The van der Waals surface area contributed by atoms with Crippen LogP contribution in [0.15, 0.2) is 18.2 Å². The molecule has 0 spiro atoms. The number of rotatable bonds is 1. The zero-order valence-electron chi connectivity index (χ0n) is 10.3. The van der Waals surface area contributed by atoms with E-state index in [1.165, 1.54) is 16.7 Å². The molecule has 2 rings (SSSR count). The summed E-state index contributed by atoms with van der Waals surface area (Å²) in [6, 6.07) is 6.30. The molecular weight excluding hydrogens is 200 g/mol. The molecule has 1 unspecified atom stereocenters. The Morgan fingerprint density at radius 3 is 2.62 bits per heavy atom. The van der Waals surface area contributed by atoms with Gasteiger partial charge >= 0.3 is 5.97 Å². The van der Waals surface area contributed by atoms with Crippen molar-refractivity contribution < 1.29 is 9.90 Å². The van der Waals surface area contributed by atoms with E-state index in [9.17, 15) is 4.79 Å². The first-order valence-electron chi connectivity index (χ1n) is 5.98. The van der Waals surface area contributed by atoms with Gasteiger partial charge in [0.05, 0.1) is 5.92 Å². The Morgan fingerprint density at radius 1 is 1.31 bits per heavy atom. The highest BCUT2D eigenvalue weighted by molar-refractivity contribution is 5.71. The summed E-state index contributed by atoms with van der Waals surface area (Å²) in [5.41, 5.74) is 3.81. The van der Waals surface area contributed by atoms with Gasteiger partial charge < -0.3 is 5.11 Å². The molecule has 1 aliphatic carbocycles. The van der Waals surface area contributed by atoms with Gasteiger partial charge in [-0.25, -0.2) is 0 Å². The van der Waals surface area contributed by atoms with E-state index in [1.54, 1.807) is 0 Å². The van der Waals surface area contributed by atoms with Crippen LogP contribution in [-0.2, 0) is 17.6 Å². The van der Waals surface area contributed by atoms with Crippen LogP contribution in [0.5, 0.6) is 0 Å². The molecule has 0 bridgehead atoms. The van der Waals surface area contributed by atoms with Gasteiger partial charge in [0.25, 0.3) is 0 Å². The molecule has 0 saturated carbocycles. The summed E-state index contributed by atoms with van der Waals surface area (Å²) in [6.07, 6.45) is 2.39. The molecule has 88 valence electrons. The lowest BCUT2D eigenvalue weighted by Gasteiger charge is -2.21. The monoisotopic (exact) mass is 220 g/mol. The molecule has 0 fully saturated rings. The lowest BCUT2D eigenvalue weighted by atomic mass is 9.83. The van der Waals surface area contributed by atoms with Crippen molar-refractivity contribution in [1.29, 1.82) is 0 Å². The highest BCUT2D eigenvalue weighted by Crippen LogP contribution is 2.26. The van der Waals surface area contributed by atoms with Crippen molar-refractivity contribution in [2.45, 2.75) is 40.0 Å². The standard InChI is InChI=1S/C12H14O2.C2H6/c1-8-2-3-10-7-11(12(13)14)5-4-9(10)6-8;1-2/h2-3,6,11H,4-5,7H2,1H3,(H,13,14);1-2H3. The fourth-order valence-electron chi connectivity index (χ4n) is 2.09. The second-order valence-electron chi connectivity index (χ2n) is 4.05. The van der Waals surface area contributed by atoms with Gasteiger partial charge in [-0.2, -0.15) is 0 Å². The van der Waals surface area contributed by atoms with Crippen LogP contribution in [-0.4, -0.2) is 11.1 Å². The number of carbonyl (C=O) groups is 1. The van der Waals surface area contributed by atoms with Crippen molar-refractivity contribution in [3.8, 4) is 0 Å². The molecule has 0 heterocycles. The molecule has 0 radical (unpaired) electrons. The molecular formula is C14H20O2. The third kappa shape index (κ3) is 2.84. The fraction of sp³-hybridized carbons (Fsp3) is 0.500. The summed E-state index contributed by atoms with van der Waals surface area (Å²) < 4.78 is 0. The van der Waals surface area contributed by atoms with Crippen LogP contribution >= 0.6 is 0 Å². The Hall–Kier alpha value is -1.31. The minimum Gasteiger partial charge on any atom is -0.481 e. The first kappa shape index (κ1) is 12.8. The predicted molar refractivity (Wildman–Crippen MR) is 65.7 cm³/mol. The molecule has 0 amide bonds. The number of fused-ring (bicyclic) bond motifs is 1. The minimum atomic E-state index is -0.656. The molecule has 0 aliphatic heterocycles. The zero-order chi connectivity index (χ0) is 12.1. The van der Waals surface area contributed by atoms with Crippen LogP contribution in [0.25, 0.3) is 0 Å². The van der Waals surface area contributed by atoms with Gasteiger partial charge in [-0.3, -0.25) is 4.79 Å². The molecule has 1 aliphatic rings. The quantitative estimate of drug-likeness (QED) is 0.789. The summed E-state index contributed by atoms with van der Waals surface area (Å²) >= 11 is 0. The second-order valence-corrected chi connectivity index (χ2v) is 4.05. The van der Waals surface area contributed by atoms with E-state index in [0.29, 0.717) is 6.42 Å². The van der Waals surface area contributed by atoms with E-state index in [2.05, 4.69) is 25.1 Å². The molecule has 2 nitrogen and oxygen atoms in total. The molecule has 0 saturated heterocycles. The molecule has 1 atom stereocenters. The minimum absolute atomic E-state index is 0.176. The number of aryl methyl sites for hydroxylation is 2. The molecule has 1 N–H and O–H groups in total. The number of hydrogen-bond acceptors (Lipinski definition) is 1. The zero-order valence-corrected chi connectivity index (χ0v) is 10.3. The Kier molecular flexibility index (Phi) is 4.53. The topological polar surface area (TPSA) is 37.3 Å². The Morgan fingerprint density at radius 2 is 2.00 bits per heavy atom. The van der Waals surface area contributed by atoms with Crippen molar-refractivity contribution in [1.82, 2.24) is 0 Å². The maximum absolute atomic E-state index is 10.8. The summed E-state index contributed by atoms with van der Waals surface area (Å²) in [5.74, 6) is -0.832. The number of carboxylic acid groups (broad SMARTS) is 1. The van der Waals surface area contributed by atoms with E-state index in [1.807, 2.05) is 13.8 Å². The van der Waals surface area contributed by atoms with Crippen LogP contribution < -0.4 is 0 Å². The Labute approximate surface area is 97.3 Å². The predicted octanol–water partition coefficient (Wildman–Crippen LogP) is 3.21. The Bertz CT molecular complexity index is 369. The van der Waals surface area contributed by atoms with Crippen molar-refractivity contribution >= 4 is 5.97 Å². The third-order valence-electron chi connectivity index (χ3n) is 2.94. The van der Waals surface area contributed by atoms with Crippen molar-refractivity contribution in [3.05, 3.63) is 34.9 Å². The van der Waals surface area contributed by atoms with Gasteiger partial charge in [-0.05, 0) is 37.3 Å². The van der Waals surface area contributed by atoms with Crippen molar-refractivity contribution in [2.24, 2.45) is 5.92 Å². The van der Waals surface area contributed by atoms with Gasteiger partial charge in [-0.1, -0.05) is 37.6 Å². The summed E-state index contributed by atoms with van der Waals surface area (Å²) in [4.78, 5) is 10.8. The average molecular weight is 220 g/mol. The van der Waals surface area contributed by atoms with E-state index in [-0.39, 0.29) is 5.92 Å².